The van der Waals surface area contributed by atoms with Crippen molar-refractivity contribution in [2.45, 2.75) is 6.92 Å². The highest BCUT2D eigenvalue weighted by Gasteiger charge is 2.09. The van der Waals surface area contributed by atoms with Gasteiger partial charge in [0.05, 0.1) is 19.8 Å². The highest BCUT2D eigenvalue weighted by Crippen LogP contribution is 2.24. The first-order valence-electron chi connectivity index (χ1n) is 7.46. The SMILES string of the molecule is COC(=O)c1ccc(C)c(NC(=O)/C=C/c2cc(Br)ccc2OC)c1. The summed E-state index contributed by atoms with van der Waals surface area (Å²) in [6, 6.07) is 10.5. The number of aryl methyl sites for hydroxylation is 1. The van der Waals surface area contributed by atoms with Crippen LogP contribution in [0, 0.1) is 6.92 Å². The second-order valence-electron chi connectivity index (χ2n) is 5.23. The van der Waals surface area contributed by atoms with Crippen LogP contribution in [0.2, 0.25) is 0 Å². The number of amides is 1. The van der Waals surface area contributed by atoms with Crippen LogP contribution < -0.4 is 10.1 Å². The van der Waals surface area contributed by atoms with Crippen LogP contribution in [0.5, 0.6) is 5.75 Å². The Bertz CT molecular complexity index is 830. The Morgan fingerprint density at radius 3 is 2.56 bits per heavy atom. The van der Waals surface area contributed by atoms with E-state index in [1.54, 1.807) is 31.4 Å². The number of ether oxygens (including phenoxy) is 2. The molecule has 0 saturated carbocycles. The lowest BCUT2D eigenvalue weighted by atomic mass is 10.1. The minimum atomic E-state index is -0.454. The minimum absolute atomic E-state index is 0.313. The summed E-state index contributed by atoms with van der Waals surface area (Å²) in [5.41, 5.74) is 2.54. The Morgan fingerprint density at radius 2 is 1.88 bits per heavy atom. The summed E-state index contributed by atoms with van der Waals surface area (Å²) in [4.78, 5) is 23.8. The van der Waals surface area contributed by atoms with Gasteiger partial charge in [0, 0.05) is 21.8 Å². The predicted octanol–water partition coefficient (Wildman–Crippen LogP) is 4.20. The number of esters is 1. The molecule has 0 unspecified atom stereocenters. The van der Waals surface area contributed by atoms with Gasteiger partial charge in [-0.3, -0.25) is 4.79 Å². The van der Waals surface area contributed by atoms with Crippen LogP contribution in [0.15, 0.2) is 46.9 Å². The van der Waals surface area contributed by atoms with Crippen molar-refractivity contribution in [2.24, 2.45) is 0 Å². The molecule has 0 bridgehead atoms. The van der Waals surface area contributed by atoms with Gasteiger partial charge >= 0.3 is 5.97 Å². The molecule has 2 aromatic rings. The maximum atomic E-state index is 12.2. The second kappa shape index (κ2) is 8.48. The van der Waals surface area contributed by atoms with E-state index >= 15 is 0 Å². The topological polar surface area (TPSA) is 64.6 Å². The van der Waals surface area contributed by atoms with Crippen LogP contribution in [0.1, 0.15) is 21.5 Å². The number of methoxy groups -OCH3 is 2. The molecule has 0 aliphatic rings. The molecule has 0 fully saturated rings. The van der Waals surface area contributed by atoms with Gasteiger partial charge in [-0.1, -0.05) is 22.0 Å². The van der Waals surface area contributed by atoms with Gasteiger partial charge in [0.1, 0.15) is 5.75 Å². The number of hydrogen-bond donors (Lipinski definition) is 1. The molecule has 130 valence electrons. The highest BCUT2D eigenvalue weighted by atomic mass is 79.9. The number of carbonyl (C=O) groups excluding carboxylic acids is 2. The van der Waals surface area contributed by atoms with Gasteiger partial charge in [-0.2, -0.15) is 0 Å². The van der Waals surface area contributed by atoms with Crippen molar-refractivity contribution in [3.8, 4) is 5.75 Å². The molecule has 6 heteroatoms. The molecule has 0 aliphatic carbocycles. The van der Waals surface area contributed by atoms with Crippen molar-refractivity contribution in [3.05, 3.63) is 63.6 Å². The molecule has 5 nitrogen and oxygen atoms in total. The van der Waals surface area contributed by atoms with Crippen molar-refractivity contribution in [2.75, 3.05) is 19.5 Å². The fraction of sp³-hybridized carbons (Fsp3) is 0.158. The van der Waals surface area contributed by atoms with Gasteiger partial charge in [-0.25, -0.2) is 4.79 Å². The number of hydrogen-bond acceptors (Lipinski definition) is 4. The number of halogens is 1. The van der Waals surface area contributed by atoms with Crippen LogP contribution in [0.4, 0.5) is 5.69 Å². The molecule has 0 radical (unpaired) electrons. The fourth-order valence-corrected chi connectivity index (χ4v) is 2.56. The van der Waals surface area contributed by atoms with Crippen molar-refractivity contribution in [3.63, 3.8) is 0 Å². The monoisotopic (exact) mass is 403 g/mol. The number of carbonyl (C=O) groups is 2. The van der Waals surface area contributed by atoms with Crippen molar-refractivity contribution < 1.29 is 19.1 Å². The molecule has 1 amide bonds. The summed E-state index contributed by atoms with van der Waals surface area (Å²) in [6.45, 7) is 1.84. The molecule has 0 saturated heterocycles. The molecule has 0 aromatic heterocycles. The Balaban J connectivity index is 2.18. The third-order valence-corrected chi connectivity index (χ3v) is 4.02. The van der Waals surface area contributed by atoms with Crippen molar-refractivity contribution in [1.82, 2.24) is 0 Å². The predicted molar refractivity (Wildman–Crippen MR) is 101 cm³/mol. The van der Waals surface area contributed by atoms with E-state index in [0.717, 1.165) is 15.6 Å². The number of nitrogens with one attached hydrogen (secondary N) is 1. The van der Waals surface area contributed by atoms with E-state index in [1.165, 1.54) is 13.2 Å². The quantitative estimate of drug-likeness (QED) is 0.599. The molecule has 0 spiro atoms. The normalized spacial score (nSPS) is 10.6. The van der Waals surface area contributed by atoms with Gasteiger partial charge in [-0.05, 0) is 48.9 Å². The van der Waals surface area contributed by atoms with Gasteiger partial charge in [-0.15, -0.1) is 0 Å². The van der Waals surface area contributed by atoms with E-state index in [4.69, 9.17) is 9.47 Å². The standard InChI is InChI=1S/C19H18BrNO4/c1-12-4-5-14(19(23)25-3)11-16(12)21-18(22)9-6-13-10-15(20)7-8-17(13)24-2/h4-11H,1-3H3,(H,21,22)/b9-6+. The zero-order chi connectivity index (χ0) is 18.4. The van der Waals surface area contributed by atoms with E-state index < -0.39 is 5.97 Å². The van der Waals surface area contributed by atoms with Crippen LogP contribution in [-0.4, -0.2) is 26.1 Å². The summed E-state index contributed by atoms with van der Waals surface area (Å²) in [6.07, 6.45) is 3.08. The summed E-state index contributed by atoms with van der Waals surface area (Å²) in [5.74, 6) is -0.104. The molecule has 0 atom stereocenters. The summed E-state index contributed by atoms with van der Waals surface area (Å²) in [7, 11) is 2.89. The highest BCUT2D eigenvalue weighted by molar-refractivity contribution is 9.10. The summed E-state index contributed by atoms with van der Waals surface area (Å²) in [5, 5.41) is 2.77. The molecule has 1 N–H and O–H groups in total. The Kier molecular flexibility index (Phi) is 6.36. The first kappa shape index (κ1) is 18.7. The van der Waals surface area contributed by atoms with Gasteiger partial charge in [0.25, 0.3) is 0 Å². The number of benzene rings is 2. The molecule has 0 aliphatic heterocycles. The molecular weight excluding hydrogens is 386 g/mol. The lowest BCUT2D eigenvalue weighted by Gasteiger charge is -2.09. The fourth-order valence-electron chi connectivity index (χ4n) is 2.18. The molecular formula is C19H18BrNO4. The van der Waals surface area contributed by atoms with E-state index in [9.17, 15) is 9.59 Å². The molecule has 25 heavy (non-hydrogen) atoms. The lowest BCUT2D eigenvalue weighted by molar-refractivity contribution is -0.111. The second-order valence-corrected chi connectivity index (χ2v) is 6.15. The molecule has 2 aromatic carbocycles. The van der Waals surface area contributed by atoms with E-state index in [-0.39, 0.29) is 5.91 Å². The van der Waals surface area contributed by atoms with E-state index in [2.05, 4.69) is 21.2 Å². The number of rotatable bonds is 5. The smallest absolute Gasteiger partial charge is 0.337 e. The minimum Gasteiger partial charge on any atom is -0.496 e. The number of anilines is 1. The van der Waals surface area contributed by atoms with Crippen LogP contribution >= 0.6 is 15.9 Å². The van der Waals surface area contributed by atoms with Crippen molar-refractivity contribution in [1.29, 1.82) is 0 Å². The molecule has 2 rings (SSSR count). The molecule has 0 heterocycles. The average molecular weight is 404 g/mol. The van der Waals surface area contributed by atoms with Crippen LogP contribution in [0.25, 0.3) is 6.08 Å². The van der Waals surface area contributed by atoms with Gasteiger partial charge < -0.3 is 14.8 Å². The Morgan fingerprint density at radius 1 is 1.12 bits per heavy atom. The zero-order valence-corrected chi connectivity index (χ0v) is 15.7. The average Bonchev–Trinajstić information content (AvgIpc) is 2.61. The summed E-state index contributed by atoms with van der Waals surface area (Å²) >= 11 is 3.39. The largest absolute Gasteiger partial charge is 0.496 e. The maximum Gasteiger partial charge on any atom is 0.337 e. The first-order valence-corrected chi connectivity index (χ1v) is 8.25. The maximum absolute atomic E-state index is 12.2. The van der Waals surface area contributed by atoms with E-state index in [1.807, 2.05) is 25.1 Å². The van der Waals surface area contributed by atoms with Crippen LogP contribution in [-0.2, 0) is 9.53 Å². The van der Waals surface area contributed by atoms with Gasteiger partial charge in [0.15, 0.2) is 0 Å². The Hall–Kier alpha value is -2.60. The Labute approximate surface area is 154 Å². The third kappa shape index (κ3) is 4.93. The zero-order valence-electron chi connectivity index (χ0n) is 14.1. The van der Waals surface area contributed by atoms with Crippen molar-refractivity contribution >= 4 is 39.6 Å². The van der Waals surface area contributed by atoms with Crippen LogP contribution in [0.3, 0.4) is 0 Å². The van der Waals surface area contributed by atoms with Gasteiger partial charge in [0.2, 0.25) is 5.91 Å². The van der Waals surface area contributed by atoms with E-state index in [0.29, 0.717) is 17.0 Å². The lowest BCUT2D eigenvalue weighted by Crippen LogP contribution is -2.10. The summed E-state index contributed by atoms with van der Waals surface area (Å²) < 4.78 is 10.8. The third-order valence-electron chi connectivity index (χ3n) is 3.52. The first-order chi connectivity index (χ1) is 11.9.